The number of piperidine rings is 1. The summed E-state index contributed by atoms with van der Waals surface area (Å²) in [5, 5.41) is 0.774. The van der Waals surface area contributed by atoms with Crippen molar-refractivity contribution >= 4 is 22.0 Å². The van der Waals surface area contributed by atoms with Crippen LogP contribution in [-0.2, 0) is 9.47 Å². The Morgan fingerprint density at radius 1 is 1.29 bits per heavy atom. The summed E-state index contributed by atoms with van der Waals surface area (Å²) < 4.78 is 11.9. The molecule has 1 aliphatic heterocycles. The molecule has 1 unspecified atom stereocenters. The Morgan fingerprint density at radius 2 is 1.95 bits per heavy atom. The number of hydrogen-bond donors (Lipinski definition) is 0. The maximum Gasteiger partial charge on any atom is 0.410 e. The number of carbonyl (C=O) groups excluding carboxylic acids is 1. The fourth-order valence-corrected chi connectivity index (χ4v) is 3.77. The van der Waals surface area contributed by atoms with Crippen molar-refractivity contribution in [2.24, 2.45) is 0 Å². The van der Waals surface area contributed by atoms with Crippen LogP contribution >= 0.6 is 15.9 Å². The summed E-state index contributed by atoms with van der Waals surface area (Å²) in [5.41, 5.74) is -0.692. The third-order valence-corrected chi connectivity index (χ3v) is 5.18. The van der Waals surface area contributed by atoms with Gasteiger partial charge in [0.05, 0.1) is 18.2 Å². The van der Waals surface area contributed by atoms with Crippen molar-refractivity contribution in [3.05, 3.63) is 0 Å². The lowest BCUT2D eigenvalue weighted by Gasteiger charge is -2.43. The van der Waals surface area contributed by atoms with Crippen molar-refractivity contribution in [3.63, 3.8) is 0 Å². The molecule has 2 rings (SSSR count). The molecule has 122 valence electrons. The zero-order valence-corrected chi connectivity index (χ0v) is 15.1. The van der Waals surface area contributed by atoms with Crippen LogP contribution in [0.3, 0.4) is 0 Å². The van der Waals surface area contributed by atoms with Gasteiger partial charge in [-0.2, -0.15) is 0 Å². The van der Waals surface area contributed by atoms with Gasteiger partial charge in [0.1, 0.15) is 5.60 Å². The first kappa shape index (κ1) is 17.1. The molecule has 1 aliphatic carbocycles. The normalized spacial score (nSPS) is 27.9. The minimum absolute atomic E-state index is 0.220. The summed E-state index contributed by atoms with van der Waals surface area (Å²) in [6.45, 7) is 7.10. The molecule has 1 amide bonds. The van der Waals surface area contributed by atoms with Crippen LogP contribution in [0, 0.1) is 0 Å². The van der Waals surface area contributed by atoms with Gasteiger partial charge < -0.3 is 14.4 Å². The molecule has 2 fully saturated rings. The molecule has 5 heteroatoms. The zero-order valence-electron chi connectivity index (χ0n) is 13.5. The van der Waals surface area contributed by atoms with Gasteiger partial charge in [-0.1, -0.05) is 28.8 Å². The van der Waals surface area contributed by atoms with E-state index in [0.717, 1.165) is 37.6 Å². The highest BCUT2D eigenvalue weighted by Crippen LogP contribution is 2.33. The van der Waals surface area contributed by atoms with Crippen LogP contribution in [-0.4, -0.2) is 46.7 Å². The molecule has 21 heavy (non-hydrogen) atoms. The van der Waals surface area contributed by atoms with Gasteiger partial charge in [0.2, 0.25) is 0 Å². The van der Waals surface area contributed by atoms with E-state index in [4.69, 9.17) is 9.47 Å². The van der Waals surface area contributed by atoms with Gasteiger partial charge in [0.15, 0.2) is 0 Å². The van der Waals surface area contributed by atoms with Crippen LogP contribution in [0.1, 0.15) is 59.3 Å². The highest BCUT2D eigenvalue weighted by atomic mass is 79.9. The van der Waals surface area contributed by atoms with E-state index in [0.29, 0.717) is 12.6 Å². The first-order valence-electron chi connectivity index (χ1n) is 8.05. The Kier molecular flexibility index (Phi) is 5.58. The fourth-order valence-electron chi connectivity index (χ4n) is 3.18. The summed E-state index contributed by atoms with van der Waals surface area (Å²) in [6.07, 6.45) is 6.95. The fraction of sp³-hybridized carbons (Fsp3) is 0.938. The second kappa shape index (κ2) is 6.86. The maximum atomic E-state index is 12.3. The number of alkyl halides is 1. The lowest BCUT2D eigenvalue weighted by atomic mass is 9.94. The summed E-state index contributed by atoms with van der Waals surface area (Å²) in [4.78, 5) is 14.1. The standard InChI is InChI=1S/C16H28BrNO3/c1-15(2,3)21-14(19)18-10-6-9-16(11-17,12-18)20-13-7-4-5-8-13/h13H,4-12H2,1-3H3. The third kappa shape index (κ3) is 4.85. The number of ether oxygens (including phenoxy) is 2. The van der Waals surface area contributed by atoms with Gasteiger partial charge >= 0.3 is 6.09 Å². The predicted octanol–water partition coefficient (Wildman–Crippen LogP) is 4.11. The molecule has 1 saturated heterocycles. The lowest BCUT2D eigenvalue weighted by molar-refractivity contribution is -0.110. The first-order valence-corrected chi connectivity index (χ1v) is 9.17. The van der Waals surface area contributed by atoms with Crippen LogP contribution in [0.15, 0.2) is 0 Å². The SMILES string of the molecule is CC(C)(C)OC(=O)N1CCCC(CBr)(OC2CCCC2)C1. The number of amides is 1. The number of nitrogens with zero attached hydrogens (tertiary/aromatic N) is 1. The van der Waals surface area contributed by atoms with Crippen LogP contribution in [0.25, 0.3) is 0 Å². The van der Waals surface area contributed by atoms with Gasteiger partial charge in [-0.05, 0) is 46.5 Å². The molecule has 1 saturated carbocycles. The summed E-state index contributed by atoms with van der Waals surface area (Å²) in [7, 11) is 0. The van der Waals surface area contributed by atoms with Crippen LogP contribution < -0.4 is 0 Å². The Labute approximate surface area is 136 Å². The maximum absolute atomic E-state index is 12.3. The molecule has 0 aromatic carbocycles. The average Bonchev–Trinajstić information content (AvgIpc) is 2.90. The Hall–Kier alpha value is -0.290. The van der Waals surface area contributed by atoms with E-state index < -0.39 is 5.60 Å². The van der Waals surface area contributed by atoms with Crippen molar-refractivity contribution in [1.82, 2.24) is 4.90 Å². The Balaban J connectivity index is 1.98. The Morgan fingerprint density at radius 3 is 2.52 bits per heavy atom. The number of carbonyl (C=O) groups is 1. The van der Waals surface area contributed by atoms with E-state index >= 15 is 0 Å². The zero-order chi connectivity index (χ0) is 15.5. The number of rotatable bonds is 3. The molecule has 0 bridgehead atoms. The first-order chi connectivity index (χ1) is 9.84. The van der Waals surface area contributed by atoms with Crippen LogP contribution in [0.4, 0.5) is 4.79 Å². The van der Waals surface area contributed by atoms with Gasteiger partial charge in [0, 0.05) is 11.9 Å². The Bertz CT molecular complexity index is 363. The molecule has 2 aliphatic rings. The van der Waals surface area contributed by atoms with Gasteiger partial charge in [-0.15, -0.1) is 0 Å². The number of hydrogen-bond acceptors (Lipinski definition) is 3. The summed E-state index contributed by atoms with van der Waals surface area (Å²) >= 11 is 3.61. The average molecular weight is 362 g/mol. The number of halogens is 1. The highest BCUT2D eigenvalue weighted by Gasteiger charge is 2.40. The number of likely N-dealkylation sites (tertiary alicyclic amines) is 1. The molecular formula is C16H28BrNO3. The smallest absolute Gasteiger partial charge is 0.410 e. The molecule has 0 aromatic heterocycles. The molecule has 0 aromatic rings. The van der Waals surface area contributed by atoms with Crippen molar-refractivity contribution in [3.8, 4) is 0 Å². The van der Waals surface area contributed by atoms with E-state index in [1.54, 1.807) is 0 Å². The van der Waals surface area contributed by atoms with E-state index in [-0.39, 0.29) is 11.7 Å². The van der Waals surface area contributed by atoms with E-state index in [2.05, 4.69) is 15.9 Å². The molecule has 4 nitrogen and oxygen atoms in total. The van der Waals surface area contributed by atoms with Crippen LogP contribution in [0.5, 0.6) is 0 Å². The van der Waals surface area contributed by atoms with Gasteiger partial charge in [-0.3, -0.25) is 0 Å². The topological polar surface area (TPSA) is 38.8 Å². The van der Waals surface area contributed by atoms with E-state index in [1.807, 2.05) is 25.7 Å². The molecule has 1 atom stereocenters. The lowest BCUT2D eigenvalue weighted by Crippen LogP contribution is -2.54. The largest absolute Gasteiger partial charge is 0.444 e. The van der Waals surface area contributed by atoms with Crippen molar-refractivity contribution in [2.75, 3.05) is 18.4 Å². The molecular weight excluding hydrogens is 334 g/mol. The van der Waals surface area contributed by atoms with Crippen molar-refractivity contribution < 1.29 is 14.3 Å². The second-order valence-electron chi connectivity index (χ2n) is 7.35. The van der Waals surface area contributed by atoms with Gasteiger partial charge in [-0.25, -0.2) is 4.79 Å². The minimum atomic E-state index is -0.447. The third-order valence-electron chi connectivity index (χ3n) is 4.15. The second-order valence-corrected chi connectivity index (χ2v) is 7.91. The summed E-state index contributed by atoms with van der Waals surface area (Å²) in [5.74, 6) is 0. The molecule has 1 heterocycles. The van der Waals surface area contributed by atoms with Gasteiger partial charge in [0.25, 0.3) is 0 Å². The van der Waals surface area contributed by atoms with E-state index in [1.165, 1.54) is 12.8 Å². The molecule has 0 N–H and O–H groups in total. The summed E-state index contributed by atoms with van der Waals surface area (Å²) in [6, 6.07) is 0. The van der Waals surface area contributed by atoms with E-state index in [9.17, 15) is 4.79 Å². The molecule has 0 radical (unpaired) electrons. The minimum Gasteiger partial charge on any atom is -0.444 e. The van der Waals surface area contributed by atoms with Crippen LogP contribution in [0.2, 0.25) is 0 Å². The quantitative estimate of drug-likeness (QED) is 0.710. The van der Waals surface area contributed by atoms with Crippen molar-refractivity contribution in [2.45, 2.75) is 76.6 Å². The predicted molar refractivity (Wildman–Crippen MR) is 86.9 cm³/mol. The molecule has 0 spiro atoms. The highest BCUT2D eigenvalue weighted by molar-refractivity contribution is 9.09. The monoisotopic (exact) mass is 361 g/mol. The van der Waals surface area contributed by atoms with Crippen molar-refractivity contribution in [1.29, 1.82) is 0 Å².